The second-order valence-electron chi connectivity index (χ2n) is 5.51. The fraction of sp³-hybridized carbons (Fsp3) is 0.105. The van der Waals surface area contributed by atoms with Crippen molar-refractivity contribution in [2.24, 2.45) is 7.05 Å². The highest BCUT2D eigenvalue weighted by Crippen LogP contribution is 2.55. The number of aromatic nitrogens is 1. The van der Waals surface area contributed by atoms with Crippen molar-refractivity contribution in [2.75, 3.05) is 0 Å². The summed E-state index contributed by atoms with van der Waals surface area (Å²) in [6.07, 6.45) is 3.69. The third kappa shape index (κ3) is 3.61. The summed E-state index contributed by atoms with van der Waals surface area (Å²) in [5.41, 5.74) is 0.644. The van der Waals surface area contributed by atoms with E-state index in [9.17, 15) is 9.67 Å². The van der Waals surface area contributed by atoms with Crippen molar-refractivity contribution < 1.29 is 38.2 Å². The molecule has 0 fully saturated rings. The van der Waals surface area contributed by atoms with Gasteiger partial charge in [0.15, 0.2) is 19.5 Å². The average molecular weight is 451 g/mol. The molecule has 3 aromatic rings. The minimum absolute atomic E-state index is 0. The van der Waals surface area contributed by atoms with E-state index in [0.717, 1.165) is 0 Å². The Morgan fingerprint density at radius 1 is 0.875 bits per heavy atom. The van der Waals surface area contributed by atoms with Gasteiger partial charge in [0.2, 0.25) is 0 Å². The summed E-state index contributed by atoms with van der Waals surface area (Å²) in [5, 5.41) is 12.3. The number of aryl methyl sites for hydroxylation is 1. The molecule has 1 atom stereocenters. The van der Waals surface area contributed by atoms with Crippen molar-refractivity contribution >= 4 is 17.8 Å². The zero-order chi connectivity index (χ0) is 16.3. The first-order valence-electron chi connectivity index (χ1n) is 7.46. The molecule has 3 nitrogen and oxygen atoms in total. The second-order valence-corrected chi connectivity index (χ2v) is 8.34. The van der Waals surface area contributed by atoms with Crippen LogP contribution >= 0.6 is 7.14 Å². The fourth-order valence-corrected chi connectivity index (χ4v) is 5.37. The van der Waals surface area contributed by atoms with Crippen LogP contribution in [-0.2, 0) is 11.6 Å². The van der Waals surface area contributed by atoms with Gasteiger partial charge in [0.05, 0.1) is 5.56 Å². The summed E-state index contributed by atoms with van der Waals surface area (Å²) in [4.78, 5) is 0. The lowest BCUT2D eigenvalue weighted by atomic mass is 10.3. The van der Waals surface area contributed by atoms with Gasteiger partial charge in [0.25, 0.3) is 0 Å². The van der Waals surface area contributed by atoms with Crippen molar-refractivity contribution in [2.45, 2.75) is 5.85 Å². The van der Waals surface area contributed by atoms with Gasteiger partial charge in [0, 0.05) is 16.7 Å². The third-order valence-corrected chi connectivity index (χ3v) is 7.00. The Morgan fingerprint density at radius 2 is 1.38 bits per heavy atom. The van der Waals surface area contributed by atoms with Crippen molar-refractivity contribution in [1.82, 2.24) is 0 Å². The maximum atomic E-state index is 14.0. The smallest absolute Gasteiger partial charge is 0.174 e. The molecule has 0 aliphatic carbocycles. The molecule has 124 valence electrons. The molecule has 0 saturated heterocycles. The monoisotopic (exact) mass is 451 g/mol. The van der Waals surface area contributed by atoms with E-state index in [1.807, 2.05) is 96.8 Å². The topological polar surface area (TPSA) is 41.2 Å². The van der Waals surface area contributed by atoms with E-state index in [4.69, 9.17) is 0 Å². The summed E-state index contributed by atoms with van der Waals surface area (Å²) in [7, 11) is -1.33. The Hall–Kier alpha value is -1.49. The van der Waals surface area contributed by atoms with Gasteiger partial charge in [-0.1, -0.05) is 60.7 Å². The van der Waals surface area contributed by atoms with Gasteiger partial charge in [0.1, 0.15) is 12.9 Å². The van der Waals surface area contributed by atoms with Crippen LogP contribution in [0.5, 0.6) is 0 Å². The Bertz CT molecular complexity index is 797. The van der Waals surface area contributed by atoms with E-state index in [0.29, 0.717) is 16.2 Å². The number of aliphatic hydroxyl groups excluding tert-OH is 1. The first-order chi connectivity index (χ1) is 11.1. The molecule has 1 N–H and O–H groups in total. The van der Waals surface area contributed by atoms with E-state index in [2.05, 4.69) is 0 Å². The molecule has 5 heteroatoms. The normalized spacial score (nSPS) is 12.2. The number of pyridine rings is 1. The number of nitrogens with zero attached hydrogens (tertiary/aromatic N) is 1. The largest absolute Gasteiger partial charge is 1.00 e. The van der Waals surface area contributed by atoms with Crippen LogP contribution in [0.25, 0.3) is 0 Å². The highest BCUT2D eigenvalue weighted by Gasteiger charge is 2.37. The maximum Gasteiger partial charge on any atom is 0.174 e. The van der Waals surface area contributed by atoms with Crippen LogP contribution < -0.4 is 39.2 Å². The van der Waals surface area contributed by atoms with Crippen molar-refractivity contribution in [3.05, 3.63) is 90.8 Å². The lowest BCUT2D eigenvalue weighted by Gasteiger charge is -2.24. The molecule has 0 aliphatic heterocycles. The van der Waals surface area contributed by atoms with Gasteiger partial charge >= 0.3 is 0 Å². The molecular weight excluding hydrogens is 432 g/mol. The molecule has 0 bridgehead atoms. The maximum absolute atomic E-state index is 14.0. The molecule has 0 amide bonds. The zero-order valence-corrected chi connectivity index (χ0v) is 16.3. The minimum atomic E-state index is -3.21. The number of rotatable bonds is 4. The van der Waals surface area contributed by atoms with Crippen LogP contribution in [0.15, 0.2) is 85.2 Å². The van der Waals surface area contributed by atoms with Crippen LogP contribution in [0.4, 0.5) is 0 Å². The number of benzene rings is 2. The Labute approximate surface area is 159 Å². The molecular formula is C19H19INO2P. The van der Waals surface area contributed by atoms with Crippen LogP contribution in [0.3, 0.4) is 0 Å². The Morgan fingerprint density at radius 3 is 1.83 bits per heavy atom. The summed E-state index contributed by atoms with van der Waals surface area (Å²) in [6, 6.07) is 22.1. The standard InChI is InChI=1S/C19H19NO2P.HI/c1-20-14-8-9-16(15-20)19(21)23(22,17-10-4-2-5-11-17)18-12-6-3-7-13-18;/h2-15,19,21H,1H3;1H/q+1;/p-1. The second kappa shape index (κ2) is 8.06. The molecule has 1 heterocycles. The van der Waals surface area contributed by atoms with Gasteiger partial charge in [-0.2, -0.15) is 0 Å². The molecule has 3 rings (SSSR count). The lowest BCUT2D eigenvalue weighted by Crippen LogP contribution is -3.00. The SMILES string of the molecule is C[n+]1cccc(C(O)P(=O)(c2ccccc2)c2ccccc2)c1.[I-]. The van der Waals surface area contributed by atoms with Gasteiger partial charge < -0.3 is 33.6 Å². The molecule has 0 saturated carbocycles. The minimum Gasteiger partial charge on any atom is -1.00 e. The van der Waals surface area contributed by atoms with Crippen molar-refractivity contribution in [3.63, 3.8) is 0 Å². The van der Waals surface area contributed by atoms with E-state index in [1.54, 1.807) is 0 Å². The van der Waals surface area contributed by atoms with E-state index in [1.165, 1.54) is 0 Å². The Kier molecular flexibility index (Phi) is 6.33. The van der Waals surface area contributed by atoms with Crippen LogP contribution in [0.1, 0.15) is 11.4 Å². The molecule has 24 heavy (non-hydrogen) atoms. The summed E-state index contributed by atoms with van der Waals surface area (Å²) >= 11 is 0. The first-order valence-corrected chi connectivity index (χ1v) is 9.24. The number of hydrogen-bond acceptors (Lipinski definition) is 2. The van der Waals surface area contributed by atoms with E-state index in [-0.39, 0.29) is 24.0 Å². The molecule has 0 aliphatic rings. The number of halogens is 1. The van der Waals surface area contributed by atoms with Crippen LogP contribution in [0.2, 0.25) is 0 Å². The molecule has 1 unspecified atom stereocenters. The van der Waals surface area contributed by atoms with Crippen LogP contribution in [0, 0.1) is 0 Å². The molecule has 0 spiro atoms. The molecule has 0 radical (unpaired) electrons. The van der Waals surface area contributed by atoms with E-state index < -0.39 is 13.0 Å². The molecule has 1 aromatic heterocycles. The average Bonchev–Trinajstić information content (AvgIpc) is 2.62. The summed E-state index contributed by atoms with van der Waals surface area (Å²) < 4.78 is 15.8. The number of aliphatic hydroxyl groups is 1. The number of hydrogen-bond donors (Lipinski definition) is 1. The predicted octanol–water partition coefficient (Wildman–Crippen LogP) is -0.480. The predicted molar refractivity (Wildman–Crippen MR) is 92.3 cm³/mol. The quantitative estimate of drug-likeness (QED) is 0.331. The van der Waals surface area contributed by atoms with Gasteiger partial charge in [-0.3, -0.25) is 0 Å². The highest BCUT2D eigenvalue weighted by atomic mass is 127. The third-order valence-electron chi connectivity index (χ3n) is 3.88. The van der Waals surface area contributed by atoms with Crippen molar-refractivity contribution in [1.29, 1.82) is 0 Å². The van der Waals surface area contributed by atoms with Gasteiger partial charge in [-0.25, -0.2) is 4.57 Å². The van der Waals surface area contributed by atoms with Crippen LogP contribution in [-0.4, -0.2) is 5.11 Å². The fourth-order valence-electron chi connectivity index (χ4n) is 2.70. The van der Waals surface area contributed by atoms with Gasteiger partial charge in [-0.05, 0) is 6.07 Å². The van der Waals surface area contributed by atoms with E-state index >= 15 is 0 Å². The summed E-state index contributed by atoms with van der Waals surface area (Å²) in [6.45, 7) is 0. The van der Waals surface area contributed by atoms with Gasteiger partial charge in [-0.15, -0.1) is 0 Å². The first kappa shape index (κ1) is 18.8. The Balaban J connectivity index is 0.00000208. The lowest BCUT2D eigenvalue weighted by molar-refractivity contribution is -0.672. The molecule has 2 aromatic carbocycles. The van der Waals surface area contributed by atoms with Crippen molar-refractivity contribution in [3.8, 4) is 0 Å². The zero-order valence-electron chi connectivity index (χ0n) is 13.3. The summed E-state index contributed by atoms with van der Waals surface area (Å²) in [5.74, 6) is -1.08. The highest BCUT2D eigenvalue weighted by molar-refractivity contribution is 7.78.